The van der Waals surface area contributed by atoms with Crippen LogP contribution in [0.1, 0.15) is 11.4 Å². The minimum absolute atomic E-state index is 0.0760. The molecule has 0 saturated heterocycles. The summed E-state index contributed by atoms with van der Waals surface area (Å²) < 4.78 is 0. The first-order chi connectivity index (χ1) is 10.7. The van der Waals surface area contributed by atoms with E-state index in [0.29, 0.717) is 12.2 Å². The molecule has 22 heavy (non-hydrogen) atoms. The Morgan fingerprint density at radius 1 is 1.09 bits per heavy atom. The van der Waals surface area contributed by atoms with Crippen LogP contribution in [0.4, 0.5) is 5.69 Å². The Morgan fingerprint density at radius 2 is 2.00 bits per heavy atom. The summed E-state index contributed by atoms with van der Waals surface area (Å²) in [6, 6.07) is 14.9. The number of pyridine rings is 2. The first-order valence-electron chi connectivity index (χ1n) is 7.02. The molecule has 0 saturated carbocycles. The van der Waals surface area contributed by atoms with E-state index >= 15 is 0 Å². The Bertz CT molecular complexity index is 802. The Morgan fingerprint density at radius 3 is 2.82 bits per heavy atom. The van der Waals surface area contributed by atoms with Crippen molar-refractivity contribution in [2.75, 3.05) is 5.73 Å². The summed E-state index contributed by atoms with van der Waals surface area (Å²) >= 11 is 0. The fourth-order valence-electron chi connectivity index (χ4n) is 2.20. The number of nitrogen functional groups attached to an aromatic ring is 1. The number of hydrogen-bond acceptors (Lipinski definition) is 4. The molecule has 2 aromatic heterocycles. The molecule has 0 spiro atoms. The van der Waals surface area contributed by atoms with Gasteiger partial charge in [0.2, 0.25) is 5.91 Å². The summed E-state index contributed by atoms with van der Waals surface area (Å²) in [6.45, 7) is 0.420. The Balaban J connectivity index is 1.65. The van der Waals surface area contributed by atoms with E-state index in [1.54, 1.807) is 12.3 Å². The quantitative estimate of drug-likeness (QED) is 0.721. The zero-order chi connectivity index (χ0) is 15.4. The number of nitrogens with two attached hydrogens (primary N) is 1. The van der Waals surface area contributed by atoms with Gasteiger partial charge in [-0.2, -0.15) is 0 Å². The molecule has 0 radical (unpaired) electrons. The molecule has 5 nitrogen and oxygen atoms in total. The van der Waals surface area contributed by atoms with Crippen LogP contribution in [-0.4, -0.2) is 15.9 Å². The fraction of sp³-hybridized carbons (Fsp3) is 0.118. The van der Waals surface area contributed by atoms with Crippen molar-refractivity contribution in [1.29, 1.82) is 0 Å². The molecule has 0 aliphatic heterocycles. The van der Waals surface area contributed by atoms with E-state index in [1.165, 1.54) is 0 Å². The average molecular weight is 292 g/mol. The van der Waals surface area contributed by atoms with Gasteiger partial charge in [-0.15, -0.1) is 0 Å². The van der Waals surface area contributed by atoms with Gasteiger partial charge in [0.25, 0.3) is 0 Å². The third-order valence-electron chi connectivity index (χ3n) is 3.31. The van der Waals surface area contributed by atoms with Crippen LogP contribution in [0.2, 0.25) is 0 Å². The molecule has 3 rings (SSSR count). The molecule has 0 aliphatic carbocycles. The number of amides is 1. The van der Waals surface area contributed by atoms with Crippen molar-refractivity contribution >= 4 is 22.5 Å². The van der Waals surface area contributed by atoms with E-state index in [1.807, 2.05) is 42.5 Å². The Kier molecular flexibility index (Phi) is 3.96. The van der Waals surface area contributed by atoms with E-state index in [4.69, 9.17) is 5.73 Å². The topological polar surface area (TPSA) is 80.9 Å². The van der Waals surface area contributed by atoms with Crippen molar-refractivity contribution < 1.29 is 4.79 Å². The van der Waals surface area contributed by atoms with E-state index < -0.39 is 0 Å². The maximum absolute atomic E-state index is 12.0. The van der Waals surface area contributed by atoms with E-state index in [2.05, 4.69) is 15.3 Å². The second-order valence-electron chi connectivity index (χ2n) is 5.03. The maximum atomic E-state index is 12.0. The number of rotatable bonds is 4. The van der Waals surface area contributed by atoms with Crippen molar-refractivity contribution in [2.24, 2.45) is 0 Å². The number of anilines is 1. The molecule has 0 atom stereocenters. The van der Waals surface area contributed by atoms with Gasteiger partial charge in [0.15, 0.2) is 0 Å². The molecule has 1 amide bonds. The summed E-state index contributed by atoms with van der Waals surface area (Å²) in [5.41, 5.74) is 8.84. The van der Waals surface area contributed by atoms with Crippen molar-refractivity contribution in [2.45, 2.75) is 13.0 Å². The minimum Gasteiger partial charge on any atom is -0.399 e. The highest BCUT2D eigenvalue weighted by Crippen LogP contribution is 2.16. The number of fused-ring (bicyclic) bond motifs is 1. The molecule has 0 aliphatic rings. The van der Waals surface area contributed by atoms with E-state index in [9.17, 15) is 4.79 Å². The first-order valence-corrected chi connectivity index (χ1v) is 7.02. The number of nitrogens with zero attached hydrogens (tertiary/aromatic N) is 2. The Hall–Kier alpha value is -2.95. The highest BCUT2D eigenvalue weighted by Gasteiger charge is 2.06. The van der Waals surface area contributed by atoms with Gasteiger partial charge < -0.3 is 11.1 Å². The second kappa shape index (κ2) is 6.22. The number of aromatic nitrogens is 2. The number of carbonyl (C=O) groups is 1. The fourth-order valence-corrected chi connectivity index (χ4v) is 2.20. The second-order valence-corrected chi connectivity index (χ2v) is 5.03. The van der Waals surface area contributed by atoms with Crippen LogP contribution in [0.5, 0.6) is 0 Å². The summed E-state index contributed by atoms with van der Waals surface area (Å²) in [5.74, 6) is -0.0760. The lowest BCUT2D eigenvalue weighted by atomic mass is 10.1. The largest absolute Gasteiger partial charge is 0.399 e. The van der Waals surface area contributed by atoms with Gasteiger partial charge in [-0.3, -0.25) is 14.8 Å². The lowest BCUT2D eigenvalue weighted by Gasteiger charge is -2.06. The van der Waals surface area contributed by atoms with Gasteiger partial charge in [0.05, 0.1) is 29.9 Å². The van der Waals surface area contributed by atoms with Crippen molar-refractivity contribution in [1.82, 2.24) is 15.3 Å². The van der Waals surface area contributed by atoms with Crippen LogP contribution in [0.25, 0.3) is 10.9 Å². The van der Waals surface area contributed by atoms with Crippen molar-refractivity contribution in [3.8, 4) is 0 Å². The molecule has 2 heterocycles. The molecule has 0 bridgehead atoms. The third kappa shape index (κ3) is 3.38. The normalized spacial score (nSPS) is 10.5. The summed E-state index contributed by atoms with van der Waals surface area (Å²) in [7, 11) is 0. The van der Waals surface area contributed by atoms with Gasteiger partial charge in [-0.25, -0.2) is 0 Å². The van der Waals surface area contributed by atoms with E-state index in [0.717, 1.165) is 22.3 Å². The number of benzene rings is 1. The number of nitrogens with one attached hydrogen (secondary N) is 1. The zero-order valence-corrected chi connectivity index (χ0v) is 12.0. The predicted molar refractivity (Wildman–Crippen MR) is 85.9 cm³/mol. The van der Waals surface area contributed by atoms with Crippen LogP contribution in [0.15, 0.2) is 54.7 Å². The molecular formula is C17H16N4O. The first kappa shape index (κ1) is 14.0. The van der Waals surface area contributed by atoms with Gasteiger partial charge in [0, 0.05) is 17.3 Å². The Labute approximate surface area is 128 Å². The van der Waals surface area contributed by atoms with Gasteiger partial charge in [-0.05, 0) is 36.4 Å². The number of hydrogen-bond donors (Lipinski definition) is 2. The number of carbonyl (C=O) groups excluding carboxylic acids is 1. The highest BCUT2D eigenvalue weighted by atomic mass is 16.1. The lowest BCUT2D eigenvalue weighted by molar-refractivity contribution is -0.120. The molecule has 5 heteroatoms. The van der Waals surface area contributed by atoms with Crippen molar-refractivity contribution in [3.63, 3.8) is 0 Å². The molecule has 1 aromatic carbocycles. The zero-order valence-electron chi connectivity index (χ0n) is 12.0. The van der Waals surface area contributed by atoms with Gasteiger partial charge in [0.1, 0.15) is 0 Å². The molecular weight excluding hydrogens is 276 g/mol. The SMILES string of the molecule is Nc1ccc2nc(CC(=O)NCc3ccccn3)ccc2c1. The monoisotopic (exact) mass is 292 g/mol. The highest BCUT2D eigenvalue weighted by molar-refractivity contribution is 5.83. The van der Waals surface area contributed by atoms with Crippen LogP contribution in [0.3, 0.4) is 0 Å². The van der Waals surface area contributed by atoms with Gasteiger partial charge in [-0.1, -0.05) is 12.1 Å². The summed E-state index contributed by atoms with van der Waals surface area (Å²) in [6.07, 6.45) is 1.95. The molecule has 0 unspecified atom stereocenters. The van der Waals surface area contributed by atoms with Crippen LogP contribution in [0, 0.1) is 0 Å². The summed E-state index contributed by atoms with van der Waals surface area (Å²) in [5, 5.41) is 3.81. The average Bonchev–Trinajstić information content (AvgIpc) is 2.54. The molecule has 0 fully saturated rings. The lowest BCUT2D eigenvalue weighted by Crippen LogP contribution is -2.25. The van der Waals surface area contributed by atoms with Crippen LogP contribution >= 0.6 is 0 Å². The predicted octanol–water partition coefficient (Wildman–Crippen LogP) is 2.07. The van der Waals surface area contributed by atoms with Gasteiger partial charge >= 0.3 is 0 Å². The smallest absolute Gasteiger partial charge is 0.226 e. The maximum Gasteiger partial charge on any atom is 0.226 e. The molecule has 110 valence electrons. The molecule has 3 aromatic rings. The third-order valence-corrected chi connectivity index (χ3v) is 3.31. The minimum atomic E-state index is -0.0760. The summed E-state index contributed by atoms with van der Waals surface area (Å²) in [4.78, 5) is 20.6. The van der Waals surface area contributed by atoms with E-state index in [-0.39, 0.29) is 12.3 Å². The molecule has 3 N–H and O–H groups in total. The van der Waals surface area contributed by atoms with Crippen LogP contribution < -0.4 is 11.1 Å². The van der Waals surface area contributed by atoms with Crippen LogP contribution in [-0.2, 0) is 17.8 Å². The standard InChI is InChI=1S/C17H16N4O/c18-13-5-7-16-12(9-13)4-6-14(21-16)10-17(22)20-11-15-3-1-2-8-19-15/h1-9H,10-11,18H2,(H,20,22). The van der Waals surface area contributed by atoms with Crippen molar-refractivity contribution in [3.05, 3.63) is 66.1 Å².